The molecule has 1 fully saturated rings. The van der Waals surface area contributed by atoms with E-state index in [0.717, 1.165) is 56.0 Å². The number of benzene rings is 2. The maximum atomic E-state index is 11.0. The van der Waals surface area contributed by atoms with Crippen LogP contribution in [-0.4, -0.2) is 47.4 Å². The minimum Gasteiger partial charge on any atom is -0.388 e. The van der Waals surface area contributed by atoms with E-state index in [0.29, 0.717) is 12.8 Å². The minimum absolute atomic E-state index is 0.268. The van der Waals surface area contributed by atoms with Crippen molar-refractivity contribution in [1.29, 1.82) is 0 Å². The molecule has 1 aliphatic rings. The van der Waals surface area contributed by atoms with Crippen LogP contribution in [0.1, 0.15) is 42.9 Å². The highest BCUT2D eigenvalue weighted by atomic mass is 16.5. The molecule has 0 unspecified atom stereocenters. The smallest absolute Gasteiger partial charge is 0.243 e. The molecule has 3 rings (SSSR count). The second kappa shape index (κ2) is 11.1. The summed E-state index contributed by atoms with van der Waals surface area (Å²) in [5.41, 5.74) is 6.09. The van der Waals surface area contributed by atoms with Gasteiger partial charge < -0.3 is 9.84 Å². The quantitative estimate of drug-likeness (QED) is 0.343. The van der Waals surface area contributed by atoms with Gasteiger partial charge in [0.05, 0.1) is 19.3 Å². The van der Waals surface area contributed by atoms with Crippen LogP contribution < -0.4 is 5.48 Å². The van der Waals surface area contributed by atoms with Crippen LogP contribution in [0.2, 0.25) is 0 Å². The highest BCUT2D eigenvalue weighted by Gasteiger charge is 2.11. The lowest BCUT2D eigenvalue weighted by atomic mass is 9.98. The largest absolute Gasteiger partial charge is 0.388 e. The molecule has 1 aliphatic heterocycles. The number of ether oxygens (including phenoxy) is 1. The molecule has 2 aromatic carbocycles. The minimum atomic E-state index is -0.544. The van der Waals surface area contributed by atoms with E-state index in [9.17, 15) is 9.90 Å². The first-order valence-electron chi connectivity index (χ1n) is 10.3. The summed E-state index contributed by atoms with van der Waals surface area (Å²) >= 11 is 0. The molecule has 0 spiro atoms. The van der Waals surface area contributed by atoms with Gasteiger partial charge in [-0.25, -0.2) is 5.48 Å². The predicted octanol–water partition coefficient (Wildman–Crippen LogP) is 3.29. The second-order valence-corrected chi connectivity index (χ2v) is 7.50. The fraction of sp³-hybridized carbons (Fsp3) is 0.435. The van der Waals surface area contributed by atoms with Crippen molar-refractivity contribution in [2.75, 3.05) is 26.3 Å². The Morgan fingerprint density at radius 2 is 1.62 bits per heavy atom. The summed E-state index contributed by atoms with van der Waals surface area (Å²) in [5, 5.41) is 18.8. The van der Waals surface area contributed by atoms with Gasteiger partial charge in [0, 0.05) is 26.1 Å². The lowest BCUT2D eigenvalue weighted by Gasteiger charge is -2.26. The van der Waals surface area contributed by atoms with Gasteiger partial charge >= 0.3 is 0 Å². The number of amides is 1. The third-order valence-corrected chi connectivity index (χ3v) is 5.35. The van der Waals surface area contributed by atoms with Crippen molar-refractivity contribution in [3.63, 3.8) is 0 Å². The van der Waals surface area contributed by atoms with E-state index < -0.39 is 6.10 Å². The average Bonchev–Trinajstić information content (AvgIpc) is 2.77. The third-order valence-electron chi connectivity index (χ3n) is 5.35. The number of hydrogen-bond donors (Lipinski definition) is 3. The number of aliphatic hydroxyl groups is 1. The number of carbonyl (C=O) groups is 1. The molecule has 29 heavy (non-hydrogen) atoms. The summed E-state index contributed by atoms with van der Waals surface area (Å²) in [6, 6.07) is 16.6. The molecule has 1 heterocycles. The first-order valence-corrected chi connectivity index (χ1v) is 10.3. The van der Waals surface area contributed by atoms with Crippen molar-refractivity contribution < 1.29 is 19.8 Å². The number of hydrogen-bond acceptors (Lipinski definition) is 5. The number of aliphatic hydroxyl groups excluding tert-OH is 1. The fourth-order valence-electron chi connectivity index (χ4n) is 3.56. The van der Waals surface area contributed by atoms with Gasteiger partial charge in [0.25, 0.3) is 0 Å². The van der Waals surface area contributed by atoms with Crippen LogP contribution >= 0.6 is 0 Å². The maximum absolute atomic E-state index is 11.0. The van der Waals surface area contributed by atoms with Crippen molar-refractivity contribution in [3.8, 4) is 11.1 Å². The van der Waals surface area contributed by atoms with Crippen LogP contribution in [0.3, 0.4) is 0 Å². The number of nitrogens with one attached hydrogen (secondary N) is 1. The van der Waals surface area contributed by atoms with Gasteiger partial charge in [-0.2, -0.15) is 0 Å². The fourth-order valence-corrected chi connectivity index (χ4v) is 3.56. The lowest BCUT2D eigenvalue weighted by molar-refractivity contribution is -0.129. The van der Waals surface area contributed by atoms with E-state index in [1.807, 2.05) is 24.3 Å². The predicted molar refractivity (Wildman–Crippen MR) is 111 cm³/mol. The zero-order valence-corrected chi connectivity index (χ0v) is 16.7. The lowest BCUT2D eigenvalue weighted by Crippen LogP contribution is -2.35. The number of unbranched alkanes of at least 4 members (excludes halogenated alkanes) is 1. The zero-order valence-electron chi connectivity index (χ0n) is 16.7. The summed E-state index contributed by atoms with van der Waals surface area (Å²) in [7, 11) is 0. The van der Waals surface area contributed by atoms with E-state index in [2.05, 4.69) is 29.2 Å². The number of hydroxylamine groups is 1. The van der Waals surface area contributed by atoms with E-state index >= 15 is 0 Å². The number of carbonyl (C=O) groups excluding carboxylic acids is 1. The van der Waals surface area contributed by atoms with Gasteiger partial charge in [-0.05, 0) is 35.1 Å². The highest BCUT2D eigenvalue weighted by Crippen LogP contribution is 2.25. The molecule has 1 saturated heterocycles. The Labute approximate surface area is 172 Å². The Balaban J connectivity index is 1.50. The van der Waals surface area contributed by atoms with Crippen LogP contribution in [-0.2, 0) is 16.1 Å². The van der Waals surface area contributed by atoms with E-state index in [4.69, 9.17) is 9.94 Å². The molecular formula is C23H30N2O4. The van der Waals surface area contributed by atoms with Gasteiger partial charge in [0.2, 0.25) is 5.91 Å². The van der Waals surface area contributed by atoms with E-state index in [1.54, 1.807) is 5.48 Å². The van der Waals surface area contributed by atoms with Gasteiger partial charge in [-0.3, -0.25) is 14.9 Å². The first-order chi connectivity index (χ1) is 14.2. The molecule has 0 saturated carbocycles. The van der Waals surface area contributed by atoms with Crippen LogP contribution in [0, 0.1) is 0 Å². The normalized spacial score (nSPS) is 15.8. The third kappa shape index (κ3) is 6.65. The van der Waals surface area contributed by atoms with Crippen molar-refractivity contribution in [2.45, 2.75) is 38.3 Å². The van der Waals surface area contributed by atoms with Crippen LogP contribution in [0.15, 0.2) is 48.5 Å². The van der Waals surface area contributed by atoms with Crippen molar-refractivity contribution in [3.05, 3.63) is 59.7 Å². The molecule has 3 N–H and O–H groups in total. The number of nitrogens with zero attached hydrogens (tertiary/aromatic N) is 1. The van der Waals surface area contributed by atoms with E-state index in [1.165, 1.54) is 5.56 Å². The Kier molecular flexibility index (Phi) is 8.19. The van der Waals surface area contributed by atoms with Gasteiger partial charge in [-0.1, -0.05) is 55.0 Å². The molecule has 6 nitrogen and oxygen atoms in total. The Morgan fingerprint density at radius 3 is 2.24 bits per heavy atom. The maximum Gasteiger partial charge on any atom is 0.243 e. The molecule has 1 amide bonds. The first kappa shape index (κ1) is 21.5. The Hall–Kier alpha value is -2.25. The summed E-state index contributed by atoms with van der Waals surface area (Å²) in [6.07, 6.45) is 1.68. The Morgan fingerprint density at radius 1 is 1.00 bits per heavy atom. The Bertz CT molecular complexity index is 755. The SMILES string of the molecule is O=C(CCCC[C@@H](O)c1ccc(-c2ccc(CN3CCOCC3)cc2)cc1)NO. The molecule has 6 heteroatoms. The number of morpholine rings is 1. The van der Waals surface area contributed by atoms with Crippen LogP contribution in [0.5, 0.6) is 0 Å². The molecular weight excluding hydrogens is 368 g/mol. The summed E-state index contributed by atoms with van der Waals surface area (Å²) in [5.74, 6) is -0.389. The highest BCUT2D eigenvalue weighted by molar-refractivity contribution is 5.74. The molecule has 0 radical (unpaired) electrons. The molecule has 0 aromatic heterocycles. The summed E-state index contributed by atoms with van der Waals surface area (Å²) in [6.45, 7) is 4.55. The molecule has 0 bridgehead atoms. The summed E-state index contributed by atoms with van der Waals surface area (Å²) < 4.78 is 5.40. The molecule has 0 aliphatic carbocycles. The molecule has 156 valence electrons. The van der Waals surface area contributed by atoms with Gasteiger partial charge in [0.15, 0.2) is 0 Å². The van der Waals surface area contributed by atoms with Crippen molar-refractivity contribution in [1.82, 2.24) is 10.4 Å². The summed E-state index contributed by atoms with van der Waals surface area (Å²) in [4.78, 5) is 13.4. The van der Waals surface area contributed by atoms with Crippen LogP contribution in [0.4, 0.5) is 0 Å². The topological polar surface area (TPSA) is 82.0 Å². The number of rotatable bonds is 9. The monoisotopic (exact) mass is 398 g/mol. The van der Waals surface area contributed by atoms with Crippen molar-refractivity contribution in [2.24, 2.45) is 0 Å². The van der Waals surface area contributed by atoms with E-state index in [-0.39, 0.29) is 12.3 Å². The van der Waals surface area contributed by atoms with Gasteiger partial charge in [-0.15, -0.1) is 0 Å². The second-order valence-electron chi connectivity index (χ2n) is 7.50. The standard InChI is InChI=1S/C23H30N2O4/c26-22(3-1-2-4-23(27)24-28)21-11-9-20(10-12-21)19-7-5-18(6-8-19)17-25-13-15-29-16-14-25/h5-12,22,26,28H,1-4,13-17H2,(H,24,27)/t22-/m1/s1. The average molecular weight is 399 g/mol. The van der Waals surface area contributed by atoms with Crippen LogP contribution in [0.25, 0.3) is 11.1 Å². The molecule has 2 aromatic rings. The van der Waals surface area contributed by atoms with Crippen molar-refractivity contribution >= 4 is 5.91 Å². The zero-order chi connectivity index (χ0) is 20.5. The molecule has 1 atom stereocenters. The van der Waals surface area contributed by atoms with Gasteiger partial charge in [0.1, 0.15) is 0 Å².